The molecular weight excluding hydrogens is 468 g/mol. The molecule has 12 heteroatoms. The molecule has 1 fully saturated rings. The molecule has 2 N–H and O–H groups in total. The number of likely N-dealkylation sites (tertiary alicyclic amines) is 1. The molecule has 0 unspecified atom stereocenters. The first-order valence-electron chi connectivity index (χ1n) is 9.98. The minimum Gasteiger partial charge on any atom is -0.406 e. The van der Waals surface area contributed by atoms with E-state index < -0.39 is 17.9 Å². The number of ether oxygens (including phenoxy) is 1. The van der Waals surface area contributed by atoms with Gasteiger partial charge < -0.3 is 10.1 Å². The van der Waals surface area contributed by atoms with Gasteiger partial charge >= 0.3 is 6.36 Å². The van der Waals surface area contributed by atoms with Crippen molar-refractivity contribution in [1.82, 2.24) is 10.4 Å². The standard InChI is InChI=1S/C21H19ClF4N4O3/c22-14-3-6-17(16(23)11-14)27-18(31)12-30-9-7-20(8-10-30)28-19(29-33-20)13-1-4-15(5-2-13)32-21(24,25)26/h1-6,11H,7-10,12H2,(H,27,31)(H,28,29). The second-order valence-corrected chi connectivity index (χ2v) is 8.07. The van der Waals surface area contributed by atoms with Gasteiger partial charge in [0.2, 0.25) is 5.91 Å². The lowest BCUT2D eigenvalue weighted by Gasteiger charge is -2.35. The average molecular weight is 487 g/mol. The lowest BCUT2D eigenvalue weighted by Crippen LogP contribution is -2.46. The fourth-order valence-corrected chi connectivity index (χ4v) is 3.75. The van der Waals surface area contributed by atoms with E-state index in [0.717, 1.165) is 6.07 Å². The first kappa shape index (κ1) is 23.3. The molecule has 2 aliphatic rings. The summed E-state index contributed by atoms with van der Waals surface area (Å²) in [6, 6.07) is 9.30. The zero-order chi connectivity index (χ0) is 23.6. The van der Waals surface area contributed by atoms with Gasteiger partial charge in [-0.3, -0.25) is 9.69 Å². The summed E-state index contributed by atoms with van der Waals surface area (Å²) in [7, 11) is 0. The molecular formula is C21H19ClF4N4O3. The Morgan fingerprint density at radius 3 is 2.55 bits per heavy atom. The van der Waals surface area contributed by atoms with Gasteiger partial charge in [0.15, 0.2) is 11.6 Å². The molecule has 0 atom stereocenters. The maximum atomic E-state index is 13.9. The van der Waals surface area contributed by atoms with Crippen molar-refractivity contribution in [2.45, 2.75) is 24.9 Å². The SMILES string of the molecule is O=C(CN1CCC2(CC1)N=C(c1ccc(OC(F)(F)F)cc1)NO2)Nc1ccc(Cl)cc1F. The van der Waals surface area contributed by atoms with Crippen LogP contribution in [0.2, 0.25) is 5.02 Å². The number of rotatable bonds is 5. The Bertz CT molecular complexity index is 1050. The van der Waals surface area contributed by atoms with Crippen LogP contribution in [-0.4, -0.2) is 48.4 Å². The van der Waals surface area contributed by atoms with Crippen LogP contribution in [0.5, 0.6) is 5.75 Å². The predicted octanol–water partition coefficient (Wildman–Crippen LogP) is 4.09. The molecule has 0 aliphatic carbocycles. The molecule has 7 nitrogen and oxygen atoms in total. The van der Waals surface area contributed by atoms with E-state index >= 15 is 0 Å². The lowest BCUT2D eigenvalue weighted by molar-refractivity contribution is -0.274. The molecule has 0 saturated carbocycles. The Morgan fingerprint density at radius 1 is 1.21 bits per heavy atom. The highest BCUT2D eigenvalue weighted by atomic mass is 35.5. The van der Waals surface area contributed by atoms with Gasteiger partial charge in [-0.25, -0.2) is 19.7 Å². The molecule has 2 aromatic carbocycles. The van der Waals surface area contributed by atoms with Gasteiger partial charge in [-0.2, -0.15) is 0 Å². The van der Waals surface area contributed by atoms with E-state index in [9.17, 15) is 22.4 Å². The van der Waals surface area contributed by atoms with Crippen molar-refractivity contribution in [3.8, 4) is 5.75 Å². The lowest BCUT2D eigenvalue weighted by atomic mass is 10.0. The van der Waals surface area contributed by atoms with Gasteiger partial charge in [0.05, 0.1) is 12.2 Å². The Morgan fingerprint density at radius 2 is 1.91 bits per heavy atom. The second kappa shape index (κ2) is 9.16. The molecule has 2 aromatic rings. The maximum absolute atomic E-state index is 13.9. The van der Waals surface area contributed by atoms with E-state index in [4.69, 9.17) is 16.4 Å². The largest absolute Gasteiger partial charge is 0.573 e. The van der Waals surface area contributed by atoms with Crippen molar-refractivity contribution in [3.05, 3.63) is 58.9 Å². The molecule has 2 heterocycles. The number of aliphatic imine (C=N–C) groups is 1. The molecule has 0 bridgehead atoms. The van der Waals surface area contributed by atoms with E-state index in [0.29, 0.717) is 37.3 Å². The van der Waals surface area contributed by atoms with Gasteiger partial charge in [-0.05, 0) is 42.5 Å². The van der Waals surface area contributed by atoms with Gasteiger partial charge in [0, 0.05) is 36.5 Å². The summed E-state index contributed by atoms with van der Waals surface area (Å²) in [4.78, 5) is 24.4. The van der Waals surface area contributed by atoms with Crippen LogP contribution in [0.1, 0.15) is 18.4 Å². The fraction of sp³-hybridized carbons (Fsp3) is 0.333. The first-order valence-corrected chi connectivity index (χ1v) is 10.4. The number of halogens is 5. The summed E-state index contributed by atoms with van der Waals surface area (Å²) in [5.41, 5.74) is 2.52. The maximum Gasteiger partial charge on any atom is 0.573 e. The third-order valence-corrected chi connectivity index (χ3v) is 5.46. The molecule has 1 amide bonds. The van der Waals surface area contributed by atoms with Gasteiger partial charge in [0.25, 0.3) is 0 Å². The van der Waals surface area contributed by atoms with Crippen molar-refractivity contribution < 1.29 is 31.9 Å². The molecule has 2 aliphatic heterocycles. The van der Waals surface area contributed by atoms with Crippen LogP contribution in [0.3, 0.4) is 0 Å². The van der Waals surface area contributed by atoms with Crippen LogP contribution < -0.4 is 15.5 Å². The third-order valence-electron chi connectivity index (χ3n) is 5.22. The van der Waals surface area contributed by atoms with Crippen LogP contribution in [0, 0.1) is 5.82 Å². The zero-order valence-electron chi connectivity index (χ0n) is 17.1. The van der Waals surface area contributed by atoms with E-state index in [1.165, 1.54) is 36.4 Å². The van der Waals surface area contributed by atoms with Crippen LogP contribution in [0.25, 0.3) is 0 Å². The summed E-state index contributed by atoms with van der Waals surface area (Å²) in [6.45, 7) is 1.09. The number of hydroxylamine groups is 1. The number of nitrogens with one attached hydrogen (secondary N) is 2. The molecule has 33 heavy (non-hydrogen) atoms. The Hall–Kier alpha value is -2.89. The number of hydrogen-bond donors (Lipinski definition) is 2. The average Bonchev–Trinajstić information content (AvgIpc) is 3.15. The number of benzene rings is 2. The summed E-state index contributed by atoms with van der Waals surface area (Å²) in [5.74, 6) is -0.898. The van der Waals surface area contributed by atoms with E-state index in [2.05, 4.69) is 20.5 Å². The van der Waals surface area contributed by atoms with E-state index in [-0.39, 0.29) is 28.9 Å². The predicted molar refractivity (Wildman–Crippen MR) is 112 cm³/mol. The summed E-state index contributed by atoms with van der Waals surface area (Å²) in [6.07, 6.45) is -3.78. The second-order valence-electron chi connectivity index (χ2n) is 7.63. The number of amides is 1. The number of hydrogen-bond acceptors (Lipinski definition) is 6. The molecule has 4 rings (SSSR count). The van der Waals surface area contributed by atoms with Crippen LogP contribution in [0.4, 0.5) is 23.2 Å². The number of nitrogens with zero attached hydrogens (tertiary/aromatic N) is 2. The number of alkyl halides is 3. The molecule has 0 aromatic heterocycles. The van der Waals surface area contributed by atoms with Crippen molar-refractivity contribution >= 4 is 29.0 Å². The number of piperidine rings is 1. The summed E-state index contributed by atoms with van der Waals surface area (Å²) < 4.78 is 54.6. The highest BCUT2D eigenvalue weighted by molar-refractivity contribution is 6.30. The van der Waals surface area contributed by atoms with Crippen molar-refractivity contribution in [1.29, 1.82) is 0 Å². The smallest absolute Gasteiger partial charge is 0.406 e. The van der Waals surface area contributed by atoms with Gasteiger partial charge in [-0.15, -0.1) is 13.2 Å². The Balaban J connectivity index is 1.31. The van der Waals surface area contributed by atoms with Crippen molar-refractivity contribution in [2.24, 2.45) is 4.99 Å². The third kappa shape index (κ3) is 5.92. The molecule has 1 saturated heterocycles. The number of amidine groups is 1. The highest BCUT2D eigenvalue weighted by Gasteiger charge is 2.40. The minimum atomic E-state index is -4.76. The van der Waals surface area contributed by atoms with Crippen molar-refractivity contribution in [3.63, 3.8) is 0 Å². The molecule has 1 spiro atoms. The number of carbonyl (C=O) groups excluding carboxylic acids is 1. The Kier molecular flexibility index (Phi) is 6.46. The number of anilines is 1. The minimum absolute atomic E-state index is 0.0575. The normalized spacial score (nSPS) is 18.0. The first-order chi connectivity index (χ1) is 15.6. The quantitative estimate of drug-likeness (QED) is 0.623. The van der Waals surface area contributed by atoms with Crippen LogP contribution >= 0.6 is 11.6 Å². The summed E-state index contributed by atoms with van der Waals surface area (Å²) >= 11 is 5.71. The fourth-order valence-electron chi connectivity index (χ4n) is 3.59. The van der Waals surface area contributed by atoms with Gasteiger partial charge in [0.1, 0.15) is 11.6 Å². The van der Waals surface area contributed by atoms with Crippen LogP contribution in [0.15, 0.2) is 47.5 Å². The van der Waals surface area contributed by atoms with E-state index in [1.807, 2.05) is 4.90 Å². The topological polar surface area (TPSA) is 75.2 Å². The highest BCUT2D eigenvalue weighted by Crippen LogP contribution is 2.31. The van der Waals surface area contributed by atoms with E-state index in [1.54, 1.807) is 0 Å². The Labute approximate surface area is 191 Å². The van der Waals surface area contributed by atoms with Crippen molar-refractivity contribution in [2.75, 3.05) is 25.0 Å². The number of carbonyl (C=O) groups is 1. The molecule has 176 valence electrons. The molecule has 0 radical (unpaired) electrons. The zero-order valence-corrected chi connectivity index (χ0v) is 17.8. The van der Waals surface area contributed by atoms with Gasteiger partial charge in [-0.1, -0.05) is 11.6 Å². The van der Waals surface area contributed by atoms with Crippen LogP contribution in [-0.2, 0) is 9.63 Å². The summed E-state index contributed by atoms with van der Waals surface area (Å²) in [5, 5.41) is 2.77. The monoisotopic (exact) mass is 486 g/mol.